The molecule has 1 rings (SSSR count). The second-order valence-corrected chi connectivity index (χ2v) is 5.18. The van der Waals surface area contributed by atoms with Crippen LogP contribution >= 0.6 is 27.5 Å². The Balaban J connectivity index is 2.65. The molecule has 18 heavy (non-hydrogen) atoms. The molecule has 0 aliphatic heterocycles. The number of phenolic OH excluding ortho intramolecular Hbond substituents is 1. The van der Waals surface area contributed by atoms with Gasteiger partial charge < -0.3 is 15.2 Å². The van der Waals surface area contributed by atoms with Crippen molar-refractivity contribution < 1.29 is 14.6 Å². The highest BCUT2D eigenvalue weighted by Gasteiger charge is 2.12. The third kappa shape index (κ3) is 4.48. The van der Waals surface area contributed by atoms with Crippen molar-refractivity contribution in [3.05, 3.63) is 21.6 Å². The van der Waals surface area contributed by atoms with Gasteiger partial charge in [0.25, 0.3) is 5.91 Å². The molecule has 100 valence electrons. The molecule has 1 aromatic rings. The van der Waals surface area contributed by atoms with Gasteiger partial charge in [-0.05, 0) is 25.5 Å². The van der Waals surface area contributed by atoms with Crippen LogP contribution in [0, 0.1) is 0 Å². The highest BCUT2D eigenvalue weighted by molar-refractivity contribution is 9.10. The number of ether oxygens (including phenoxy) is 1. The Bertz CT molecular complexity index is 416. The molecule has 4 nitrogen and oxygen atoms in total. The third-order valence-electron chi connectivity index (χ3n) is 2.37. The van der Waals surface area contributed by atoms with Crippen LogP contribution < -0.4 is 5.32 Å². The van der Waals surface area contributed by atoms with E-state index in [1.165, 1.54) is 6.07 Å². The van der Waals surface area contributed by atoms with E-state index in [-0.39, 0.29) is 35.1 Å². The van der Waals surface area contributed by atoms with Gasteiger partial charge in [-0.2, -0.15) is 0 Å². The summed E-state index contributed by atoms with van der Waals surface area (Å²) in [4.78, 5) is 11.6. The van der Waals surface area contributed by atoms with Crippen LogP contribution in [0.2, 0.25) is 5.02 Å². The number of nitrogens with one attached hydrogen (secondary N) is 1. The zero-order valence-electron chi connectivity index (χ0n) is 10.2. The summed E-state index contributed by atoms with van der Waals surface area (Å²) in [6.07, 6.45) is 0.849. The van der Waals surface area contributed by atoms with E-state index < -0.39 is 0 Å². The number of carbonyl (C=O) groups is 1. The first-order valence-electron chi connectivity index (χ1n) is 5.53. The molecule has 0 aliphatic carbocycles. The molecule has 6 heteroatoms. The maximum absolute atomic E-state index is 11.6. The highest BCUT2D eigenvalue weighted by Crippen LogP contribution is 2.34. The van der Waals surface area contributed by atoms with Crippen LogP contribution in [-0.2, 0) is 9.53 Å². The lowest BCUT2D eigenvalue weighted by Crippen LogP contribution is -2.21. The molecule has 0 saturated heterocycles. The number of halogens is 2. The lowest BCUT2D eigenvalue weighted by molar-refractivity contribution is -0.122. The summed E-state index contributed by atoms with van der Waals surface area (Å²) in [7, 11) is 0. The highest BCUT2D eigenvalue weighted by atomic mass is 79.9. The van der Waals surface area contributed by atoms with Crippen molar-refractivity contribution in [1.29, 1.82) is 0 Å². The predicted molar refractivity (Wildman–Crippen MR) is 75.2 cm³/mol. The smallest absolute Gasteiger partial charge is 0.250 e. The van der Waals surface area contributed by atoms with E-state index in [1.807, 2.05) is 13.8 Å². The molecule has 1 aromatic carbocycles. The quantitative estimate of drug-likeness (QED) is 0.808. The Morgan fingerprint density at radius 1 is 1.61 bits per heavy atom. The summed E-state index contributed by atoms with van der Waals surface area (Å²) in [6, 6.07) is 3.05. The standard InChI is InChI=1S/C12H15BrClNO3/c1-3-7(2)18-6-11(17)15-12-9(14)4-8(13)5-10(12)16/h4-5,7,16H,3,6H2,1-2H3,(H,15,17). The first kappa shape index (κ1) is 15.3. The van der Waals surface area contributed by atoms with Gasteiger partial charge in [0, 0.05) is 4.47 Å². The van der Waals surface area contributed by atoms with E-state index in [9.17, 15) is 9.90 Å². The zero-order valence-corrected chi connectivity index (χ0v) is 12.5. The maximum atomic E-state index is 11.6. The summed E-state index contributed by atoms with van der Waals surface area (Å²) in [5, 5.41) is 12.5. The molecule has 0 fully saturated rings. The van der Waals surface area contributed by atoms with Crippen molar-refractivity contribution >= 4 is 39.1 Å². The molecule has 0 aromatic heterocycles. The van der Waals surface area contributed by atoms with Gasteiger partial charge in [-0.15, -0.1) is 0 Å². The number of carbonyl (C=O) groups excluding carboxylic acids is 1. The van der Waals surface area contributed by atoms with Crippen LogP contribution in [0.1, 0.15) is 20.3 Å². The lowest BCUT2D eigenvalue weighted by atomic mass is 10.3. The fraction of sp³-hybridized carbons (Fsp3) is 0.417. The number of aromatic hydroxyl groups is 1. The van der Waals surface area contributed by atoms with Crippen LogP contribution in [-0.4, -0.2) is 23.7 Å². The normalized spacial score (nSPS) is 12.2. The molecule has 0 bridgehead atoms. The van der Waals surface area contributed by atoms with E-state index in [0.29, 0.717) is 4.47 Å². The fourth-order valence-corrected chi connectivity index (χ4v) is 2.03. The minimum absolute atomic E-state index is 0.0183. The first-order valence-corrected chi connectivity index (χ1v) is 6.70. The van der Waals surface area contributed by atoms with Crippen molar-refractivity contribution in [3.8, 4) is 5.75 Å². The Kier molecular flexibility index (Phi) is 5.91. The SMILES string of the molecule is CCC(C)OCC(=O)Nc1c(O)cc(Br)cc1Cl. The number of rotatable bonds is 5. The van der Waals surface area contributed by atoms with E-state index in [4.69, 9.17) is 16.3 Å². The van der Waals surface area contributed by atoms with Crippen LogP contribution in [0.3, 0.4) is 0 Å². The largest absolute Gasteiger partial charge is 0.506 e. The van der Waals surface area contributed by atoms with Gasteiger partial charge in [0.2, 0.25) is 0 Å². The molecule has 1 amide bonds. The Morgan fingerprint density at radius 3 is 2.83 bits per heavy atom. The van der Waals surface area contributed by atoms with E-state index in [1.54, 1.807) is 6.07 Å². The second kappa shape index (κ2) is 6.97. The summed E-state index contributed by atoms with van der Waals surface area (Å²) < 4.78 is 5.92. The van der Waals surface area contributed by atoms with Gasteiger partial charge >= 0.3 is 0 Å². The van der Waals surface area contributed by atoms with Crippen LogP contribution in [0.5, 0.6) is 5.75 Å². The van der Waals surface area contributed by atoms with Crippen molar-refractivity contribution in [3.63, 3.8) is 0 Å². The predicted octanol–water partition coefficient (Wildman–Crippen LogP) is 3.56. The van der Waals surface area contributed by atoms with Crippen LogP contribution in [0.4, 0.5) is 5.69 Å². The fourth-order valence-electron chi connectivity index (χ4n) is 1.20. The summed E-state index contributed by atoms with van der Waals surface area (Å²) in [5.74, 6) is -0.443. The summed E-state index contributed by atoms with van der Waals surface area (Å²) in [5.41, 5.74) is 0.192. The minimum Gasteiger partial charge on any atom is -0.506 e. The second-order valence-electron chi connectivity index (χ2n) is 3.86. The van der Waals surface area contributed by atoms with Crippen LogP contribution in [0.15, 0.2) is 16.6 Å². The van der Waals surface area contributed by atoms with Crippen molar-refractivity contribution in [2.45, 2.75) is 26.4 Å². The van der Waals surface area contributed by atoms with Crippen LogP contribution in [0.25, 0.3) is 0 Å². The topological polar surface area (TPSA) is 58.6 Å². The monoisotopic (exact) mass is 335 g/mol. The van der Waals surface area contributed by atoms with E-state index in [0.717, 1.165) is 6.42 Å². The third-order valence-corrected chi connectivity index (χ3v) is 3.13. The minimum atomic E-state index is -0.352. The molecule has 1 unspecified atom stereocenters. The molecule has 0 spiro atoms. The number of hydrogen-bond donors (Lipinski definition) is 2. The maximum Gasteiger partial charge on any atom is 0.250 e. The molecule has 0 aliphatic rings. The molecular formula is C12H15BrClNO3. The first-order chi connectivity index (χ1) is 8.43. The Labute approximate surface area is 119 Å². The molecular weight excluding hydrogens is 321 g/mol. The summed E-state index contributed by atoms with van der Waals surface area (Å²) in [6.45, 7) is 3.79. The molecule has 0 heterocycles. The van der Waals surface area contributed by atoms with Gasteiger partial charge in [-0.3, -0.25) is 4.79 Å². The van der Waals surface area contributed by atoms with E-state index >= 15 is 0 Å². The average molecular weight is 337 g/mol. The molecule has 1 atom stereocenters. The number of benzene rings is 1. The van der Waals surface area contributed by atoms with Crippen molar-refractivity contribution in [1.82, 2.24) is 0 Å². The van der Waals surface area contributed by atoms with Gasteiger partial charge in [-0.1, -0.05) is 34.5 Å². The van der Waals surface area contributed by atoms with Gasteiger partial charge in [-0.25, -0.2) is 0 Å². The number of anilines is 1. The van der Waals surface area contributed by atoms with Gasteiger partial charge in [0.05, 0.1) is 11.1 Å². The number of amides is 1. The lowest BCUT2D eigenvalue weighted by Gasteiger charge is -2.12. The molecule has 0 saturated carbocycles. The van der Waals surface area contributed by atoms with Crippen molar-refractivity contribution in [2.24, 2.45) is 0 Å². The number of hydrogen-bond acceptors (Lipinski definition) is 3. The Hall–Kier alpha value is -0.780. The van der Waals surface area contributed by atoms with Gasteiger partial charge in [0.15, 0.2) is 0 Å². The van der Waals surface area contributed by atoms with Gasteiger partial charge in [0.1, 0.15) is 18.0 Å². The number of phenols is 1. The average Bonchev–Trinajstić information content (AvgIpc) is 2.30. The Morgan fingerprint density at radius 2 is 2.28 bits per heavy atom. The molecule has 2 N–H and O–H groups in total. The summed E-state index contributed by atoms with van der Waals surface area (Å²) >= 11 is 9.11. The molecule has 0 radical (unpaired) electrons. The van der Waals surface area contributed by atoms with E-state index in [2.05, 4.69) is 21.2 Å². The van der Waals surface area contributed by atoms with Crippen molar-refractivity contribution in [2.75, 3.05) is 11.9 Å². The zero-order chi connectivity index (χ0) is 13.7.